The molecule has 2 atom stereocenters. The van der Waals surface area contributed by atoms with Gasteiger partial charge in [-0.1, -0.05) is 0 Å². The molecule has 5 heteroatoms. The van der Waals surface area contributed by atoms with E-state index in [4.69, 9.17) is 4.42 Å². The van der Waals surface area contributed by atoms with E-state index in [-0.39, 0.29) is 5.91 Å². The Kier molecular flexibility index (Phi) is 3.67. The molecule has 0 aromatic carbocycles. The van der Waals surface area contributed by atoms with E-state index in [1.165, 1.54) is 12.8 Å². The zero-order chi connectivity index (χ0) is 13.4. The summed E-state index contributed by atoms with van der Waals surface area (Å²) in [6, 6.07) is 5.04. The molecule has 1 aromatic heterocycles. The van der Waals surface area contributed by atoms with Crippen molar-refractivity contribution in [3.8, 4) is 0 Å². The smallest absolute Gasteiger partial charge is 0.289 e. The van der Waals surface area contributed by atoms with Gasteiger partial charge < -0.3 is 14.6 Å². The molecule has 2 bridgehead atoms. The molecule has 2 fully saturated rings. The van der Waals surface area contributed by atoms with Crippen molar-refractivity contribution in [3.05, 3.63) is 22.6 Å². The van der Waals surface area contributed by atoms with Gasteiger partial charge in [0, 0.05) is 24.7 Å². The van der Waals surface area contributed by atoms with Gasteiger partial charge >= 0.3 is 0 Å². The van der Waals surface area contributed by atoms with Gasteiger partial charge in [-0.25, -0.2) is 0 Å². The molecule has 1 aromatic rings. The van der Waals surface area contributed by atoms with Crippen LogP contribution in [-0.2, 0) is 0 Å². The lowest BCUT2D eigenvalue weighted by Gasteiger charge is -2.36. The number of nitrogens with zero attached hydrogens (tertiary/aromatic N) is 1. The quantitative estimate of drug-likeness (QED) is 0.929. The molecule has 0 spiro atoms. The number of furan rings is 1. The van der Waals surface area contributed by atoms with E-state index in [1.54, 1.807) is 12.1 Å². The van der Waals surface area contributed by atoms with Crippen molar-refractivity contribution >= 4 is 21.8 Å². The average molecular weight is 327 g/mol. The van der Waals surface area contributed by atoms with Crippen molar-refractivity contribution < 1.29 is 9.21 Å². The first kappa shape index (κ1) is 13.2. The van der Waals surface area contributed by atoms with Crippen molar-refractivity contribution in [3.63, 3.8) is 0 Å². The van der Waals surface area contributed by atoms with Gasteiger partial charge in [0.05, 0.1) is 0 Å². The van der Waals surface area contributed by atoms with E-state index < -0.39 is 0 Å². The van der Waals surface area contributed by atoms with Gasteiger partial charge in [-0.05, 0) is 60.7 Å². The third kappa shape index (κ3) is 2.58. The molecule has 2 aliphatic heterocycles. The first-order chi connectivity index (χ1) is 9.17. The summed E-state index contributed by atoms with van der Waals surface area (Å²) in [5.41, 5.74) is 0. The second-order valence-electron chi connectivity index (χ2n) is 5.46. The zero-order valence-electron chi connectivity index (χ0n) is 11.1. The molecule has 19 heavy (non-hydrogen) atoms. The summed E-state index contributed by atoms with van der Waals surface area (Å²) >= 11 is 3.25. The highest BCUT2D eigenvalue weighted by molar-refractivity contribution is 9.10. The highest BCUT2D eigenvalue weighted by atomic mass is 79.9. The van der Waals surface area contributed by atoms with Crippen LogP contribution in [0.1, 0.15) is 43.2 Å². The lowest BCUT2D eigenvalue weighted by Crippen LogP contribution is -2.50. The molecule has 1 N–H and O–H groups in total. The van der Waals surface area contributed by atoms with E-state index in [0.717, 1.165) is 19.4 Å². The van der Waals surface area contributed by atoms with Crippen LogP contribution in [0.5, 0.6) is 0 Å². The number of rotatable bonds is 3. The van der Waals surface area contributed by atoms with Crippen molar-refractivity contribution in [2.75, 3.05) is 6.54 Å². The van der Waals surface area contributed by atoms with Gasteiger partial charge in [0.15, 0.2) is 10.4 Å². The molecule has 2 saturated heterocycles. The van der Waals surface area contributed by atoms with Crippen LogP contribution in [0.15, 0.2) is 21.2 Å². The number of fused-ring (bicyclic) bond motifs is 2. The van der Waals surface area contributed by atoms with Crippen LogP contribution < -0.4 is 5.32 Å². The Morgan fingerprint density at radius 3 is 2.63 bits per heavy atom. The highest BCUT2D eigenvalue weighted by Gasteiger charge is 2.37. The first-order valence-corrected chi connectivity index (χ1v) is 7.79. The molecule has 3 rings (SSSR count). The largest absolute Gasteiger partial charge is 0.444 e. The molecule has 2 aliphatic rings. The molecular formula is C14H19BrN2O2. The van der Waals surface area contributed by atoms with Crippen LogP contribution >= 0.6 is 15.9 Å². The maximum Gasteiger partial charge on any atom is 0.289 e. The fourth-order valence-corrected chi connectivity index (χ4v) is 3.73. The predicted octanol–water partition coefficient (Wildman–Crippen LogP) is 2.79. The van der Waals surface area contributed by atoms with Gasteiger partial charge in [0.1, 0.15) is 0 Å². The van der Waals surface area contributed by atoms with Crippen LogP contribution in [-0.4, -0.2) is 35.5 Å². The van der Waals surface area contributed by atoms with Crippen molar-refractivity contribution in [1.82, 2.24) is 10.2 Å². The second-order valence-corrected chi connectivity index (χ2v) is 6.24. The van der Waals surface area contributed by atoms with Crippen LogP contribution in [0.25, 0.3) is 0 Å². The van der Waals surface area contributed by atoms with Gasteiger partial charge in [-0.2, -0.15) is 0 Å². The summed E-state index contributed by atoms with van der Waals surface area (Å²) in [4.78, 5) is 14.5. The Bertz CT molecular complexity index is 462. The normalized spacial score (nSPS) is 29.5. The van der Waals surface area contributed by atoms with Crippen LogP contribution in [0.4, 0.5) is 0 Å². The van der Waals surface area contributed by atoms with E-state index in [9.17, 15) is 4.79 Å². The van der Waals surface area contributed by atoms with Crippen molar-refractivity contribution in [1.29, 1.82) is 0 Å². The summed E-state index contributed by atoms with van der Waals surface area (Å²) in [5, 5.41) is 3.61. The highest BCUT2D eigenvalue weighted by Crippen LogP contribution is 2.30. The maximum atomic E-state index is 12.5. The first-order valence-electron chi connectivity index (χ1n) is 6.99. The second kappa shape index (κ2) is 5.29. The lowest BCUT2D eigenvalue weighted by atomic mass is 9.98. The molecule has 0 aliphatic carbocycles. The van der Waals surface area contributed by atoms with Crippen LogP contribution in [0.2, 0.25) is 0 Å². The number of carbonyl (C=O) groups is 1. The summed E-state index contributed by atoms with van der Waals surface area (Å²) in [5.74, 6) is 0.444. The summed E-state index contributed by atoms with van der Waals surface area (Å²) in [6.07, 6.45) is 4.63. The van der Waals surface area contributed by atoms with Gasteiger partial charge in [-0.15, -0.1) is 0 Å². The van der Waals surface area contributed by atoms with Crippen molar-refractivity contribution in [2.45, 2.75) is 50.7 Å². The molecule has 104 valence electrons. The number of halogens is 1. The Hall–Kier alpha value is -0.810. The minimum atomic E-state index is 0.0134. The fraction of sp³-hybridized carbons (Fsp3) is 0.643. The van der Waals surface area contributed by atoms with Gasteiger partial charge in [0.2, 0.25) is 0 Å². The number of hydrogen-bond acceptors (Lipinski definition) is 3. The number of hydrogen-bond donors (Lipinski definition) is 1. The van der Waals surface area contributed by atoms with E-state index in [1.807, 2.05) is 11.8 Å². The Morgan fingerprint density at radius 2 is 2.11 bits per heavy atom. The standard InChI is InChI=1S/C14H19BrN2O2/c1-2-17(14(18)12-5-6-13(15)19-12)11-7-9-3-4-10(8-11)16-9/h5-6,9-11,16H,2-4,7-8H2,1H3. The summed E-state index contributed by atoms with van der Waals surface area (Å²) in [6.45, 7) is 2.78. The fourth-order valence-electron chi connectivity index (χ4n) is 3.42. The third-order valence-electron chi connectivity index (χ3n) is 4.27. The van der Waals surface area contributed by atoms with Crippen LogP contribution in [0, 0.1) is 0 Å². The third-order valence-corrected chi connectivity index (χ3v) is 4.70. The molecule has 4 nitrogen and oxygen atoms in total. The number of amides is 1. The summed E-state index contributed by atoms with van der Waals surface area (Å²) < 4.78 is 6.01. The molecule has 2 unspecified atom stereocenters. The topological polar surface area (TPSA) is 45.5 Å². The van der Waals surface area contributed by atoms with Crippen LogP contribution in [0.3, 0.4) is 0 Å². The molecule has 3 heterocycles. The zero-order valence-corrected chi connectivity index (χ0v) is 12.6. The van der Waals surface area contributed by atoms with E-state index >= 15 is 0 Å². The molecule has 1 amide bonds. The Balaban J connectivity index is 1.75. The monoisotopic (exact) mass is 326 g/mol. The van der Waals surface area contributed by atoms with Crippen molar-refractivity contribution in [2.24, 2.45) is 0 Å². The van der Waals surface area contributed by atoms with E-state index in [0.29, 0.717) is 28.6 Å². The summed E-state index contributed by atoms with van der Waals surface area (Å²) in [7, 11) is 0. The molecular weight excluding hydrogens is 308 g/mol. The minimum absolute atomic E-state index is 0.0134. The Labute approximate surface area is 121 Å². The number of carbonyl (C=O) groups excluding carboxylic acids is 1. The lowest BCUT2D eigenvalue weighted by molar-refractivity contribution is 0.0597. The number of piperidine rings is 1. The van der Waals surface area contributed by atoms with Gasteiger partial charge in [0.25, 0.3) is 5.91 Å². The SMILES string of the molecule is CCN(C(=O)c1ccc(Br)o1)C1CC2CCC(C1)N2. The van der Waals surface area contributed by atoms with Gasteiger partial charge in [-0.3, -0.25) is 4.79 Å². The maximum absolute atomic E-state index is 12.5. The molecule has 0 radical (unpaired) electrons. The molecule has 0 saturated carbocycles. The average Bonchev–Trinajstić information content (AvgIpc) is 2.97. The Morgan fingerprint density at radius 1 is 1.42 bits per heavy atom. The predicted molar refractivity (Wildman–Crippen MR) is 76.1 cm³/mol. The van der Waals surface area contributed by atoms with E-state index in [2.05, 4.69) is 21.2 Å². The minimum Gasteiger partial charge on any atom is -0.444 e. The number of nitrogens with one attached hydrogen (secondary N) is 1.